The smallest absolute Gasteiger partial charge is 0.0639 e. The summed E-state index contributed by atoms with van der Waals surface area (Å²) >= 11 is 0. The normalized spacial score (nSPS) is 16.0. The number of nitrogens with two attached hydrogens (primary N) is 1. The second kappa shape index (κ2) is 14.7. The minimum atomic E-state index is -0.413. The molecular weight excluding hydrogens is 332 g/mol. The van der Waals surface area contributed by atoms with Crippen molar-refractivity contribution in [1.82, 2.24) is 14.7 Å². The standard InChI is InChI=1S/C19H44N4O3/c1-16(2)12-22(13-17(3)24)10-8-21(7-6-20)9-11-23(14-18(4)25)15-19(5)26/h16-19,24-26H,6-15,20H2,1-5H3. The predicted octanol–water partition coefficient (Wildman–Crippen LogP) is -0.350. The Morgan fingerprint density at radius 1 is 0.577 bits per heavy atom. The van der Waals surface area contributed by atoms with E-state index >= 15 is 0 Å². The predicted molar refractivity (Wildman–Crippen MR) is 108 cm³/mol. The fraction of sp³-hybridized carbons (Fsp3) is 1.00. The maximum absolute atomic E-state index is 9.72. The van der Waals surface area contributed by atoms with Crippen LogP contribution in [-0.2, 0) is 0 Å². The highest BCUT2D eigenvalue weighted by atomic mass is 16.3. The first-order chi connectivity index (χ1) is 12.1. The van der Waals surface area contributed by atoms with Crippen LogP contribution in [0, 0.1) is 5.92 Å². The second-order valence-electron chi connectivity index (χ2n) is 8.09. The average Bonchev–Trinajstić information content (AvgIpc) is 2.47. The van der Waals surface area contributed by atoms with Crippen LogP contribution in [0.4, 0.5) is 0 Å². The van der Waals surface area contributed by atoms with Crippen molar-refractivity contribution in [3.05, 3.63) is 0 Å². The zero-order valence-electron chi connectivity index (χ0n) is 17.6. The average molecular weight is 377 g/mol. The summed E-state index contributed by atoms with van der Waals surface area (Å²) in [5, 5.41) is 29.0. The van der Waals surface area contributed by atoms with Gasteiger partial charge >= 0.3 is 0 Å². The summed E-state index contributed by atoms with van der Waals surface area (Å²) in [4.78, 5) is 6.73. The molecule has 0 fully saturated rings. The molecule has 0 aliphatic carbocycles. The minimum absolute atomic E-state index is 0.329. The van der Waals surface area contributed by atoms with E-state index in [9.17, 15) is 15.3 Å². The molecule has 0 spiro atoms. The van der Waals surface area contributed by atoms with Crippen LogP contribution in [-0.4, -0.2) is 114 Å². The summed E-state index contributed by atoms with van der Waals surface area (Å²) in [7, 11) is 0. The molecule has 0 saturated heterocycles. The third-order valence-electron chi connectivity index (χ3n) is 4.10. The molecule has 0 aliphatic rings. The van der Waals surface area contributed by atoms with Gasteiger partial charge < -0.3 is 21.1 Å². The van der Waals surface area contributed by atoms with E-state index in [2.05, 4.69) is 28.5 Å². The van der Waals surface area contributed by atoms with Crippen molar-refractivity contribution >= 4 is 0 Å². The molecule has 0 saturated carbocycles. The van der Waals surface area contributed by atoms with Gasteiger partial charge in [-0.25, -0.2) is 0 Å². The van der Waals surface area contributed by atoms with Gasteiger partial charge in [0, 0.05) is 65.4 Å². The van der Waals surface area contributed by atoms with Gasteiger partial charge in [0.25, 0.3) is 0 Å². The Morgan fingerprint density at radius 3 is 1.23 bits per heavy atom. The van der Waals surface area contributed by atoms with Crippen LogP contribution in [0.2, 0.25) is 0 Å². The Bertz CT molecular complexity index is 280. The highest BCUT2D eigenvalue weighted by Gasteiger charge is 2.15. The van der Waals surface area contributed by atoms with Crippen LogP contribution in [0.25, 0.3) is 0 Å². The van der Waals surface area contributed by atoms with E-state index in [0.29, 0.717) is 32.1 Å². The minimum Gasteiger partial charge on any atom is -0.392 e. The highest BCUT2D eigenvalue weighted by molar-refractivity contribution is 4.71. The molecule has 158 valence electrons. The first kappa shape index (κ1) is 25.7. The molecule has 7 heteroatoms. The van der Waals surface area contributed by atoms with Crippen molar-refractivity contribution in [3.8, 4) is 0 Å². The van der Waals surface area contributed by atoms with Crippen molar-refractivity contribution in [1.29, 1.82) is 0 Å². The van der Waals surface area contributed by atoms with Crippen molar-refractivity contribution in [2.45, 2.75) is 52.9 Å². The Morgan fingerprint density at radius 2 is 0.923 bits per heavy atom. The molecule has 3 unspecified atom stereocenters. The van der Waals surface area contributed by atoms with Crippen molar-refractivity contribution in [2.75, 3.05) is 65.4 Å². The summed E-state index contributed by atoms with van der Waals surface area (Å²) < 4.78 is 0. The van der Waals surface area contributed by atoms with Gasteiger partial charge in [0.2, 0.25) is 0 Å². The zero-order valence-corrected chi connectivity index (χ0v) is 17.6. The van der Waals surface area contributed by atoms with Crippen LogP contribution in [0.1, 0.15) is 34.6 Å². The summed E-state index contributed by atoms with van der Waals surface area (Å²) in [5.74, 6) is 0.560. The van der Waals surface area contributed by atoms with E-state index in [1.54, 1.807) is 13.8 Å². The van der Waals surface area contributed by atoms with Crippen LogP contribution < -0.4 is 5.73 Å². The molecular formula is C19H44N4O3. The van der Waals surface area contributed by atoms with E-state index in [4.69, 9.17) is 5.73 Å². The lowest BCUT2D eigenvalue weighted by molar-refractivity contribution is 0.0731. The lowest BCUT2D eigenvalue weighted by Gasteiger charge is -2.31. The summed E-state index contributed by atoms with van der Waals surface area (Å²) in [6, 6.07) is 0. The van der Waals surface area contributed by atoms with Crippen molar-refractivity contribution in [3.63, 3.8) is 0 Å². The summed E-state index contributed by atoms with van der Waals surface area (Å²) in [5.41, 5.74) is 5.78. The Labute approximate surface area is 160 Å². The zero-order chi connectivity index (χ0) is 20.1. The summed E-state index contributed by atoms with van der Waals surface area (Å²) in [6.07, 6.45) is -1.15. The topological polar surface area (TPSA) is 96.4 Å². The molecule has 0 rings (SSSR count). The maximum atomic E-state index is 9.72. The Hall–Kier alpha value is -0.280. The van der Waals surface area contributed by atoms with E-state index in [0.717, 1.165) is 39.3 Å². The Kier molecular flexibility index (Phi) is 14.6. The highest BCUT2D eigenvalue weighted by Crippen LogP contribution is 2.02. The van der Waals surface area contributed by atoms with E-state index in [1.165, 1.54) is 0 Å². The Balaban J connectivity index is 4.58. The molecule has 0 heterocycles. The largest absolute Gasteiger partial charge is 0.392 e. The van der Waals surface area contributed by atoms with Crippen molar-refractivity contribution in [2.24, 2.45) is 11.7 Å². The molecule has 0 bridgehead atoms. The fourth-order valence-electron chi connectivity index (χ4n) is 3.24. The molecule has 0 aromatic heterocycles. The number of aliphatic hydroxyl groups is 3. The van der Waals surface area contributed by atoms with Gasteiger partial charge in [-0.2, -0.15) is 0 Å². The quantitative estimate of drug-likeness (QED) is 0.292. The molecule has 0 radical (unpaired) electrons. The van der Waals surface area contributed by atoms with Gasteiger partial charge in [-0.05, 0) is 26.7 Å². The molecule has 0 aromatic carbocycles. The van der Waals surface area contributed by atoms with E-state index in [-0.39, 0.29) is 6.10 Å². The number of aliphatic hydroxyl groups excluding tert-OH is 3. The van der Waals surface area contributed by atoms with Gasteiger partial charge in [-0.15, -0.1) is 0 Å². The van der Waals surface area contributed by atoms with E-state index in [1.807, 2.05) is 6.92 Å². The molecule has 0 aliphatic heterocycles. The van der Waals surface area contributed by atoms with Crippen LogP contribution in [0.15, 0.2) is 0 Å². The third-order valence-corrected chi connectivity index (χ3v) is 4.10. The number of rotatable bonds is 16. The van der Waals surface area contributed by atoms with E-state index < -0.39 is 12.2 Å². The molecule has 5 N–H and O–H groups in total. The molecule has 3 atom stereocenters. The molecule has 26 heavy (non-hydrogen) atoms. The first-order valence-corrected chi connectivity index (χ1v) is 10.0. The number of nitrogens with zero attached hydrogens (tertiary/aromatic N) is 3. The van der Waals surface area contributed by atoms with Gasteiger partial charge in [-0.1, -0.05) is 13.8 Å². The van der Waals surface area contributed by atoms with Gasteiger partial charge in [-0.3, -0.25) is 14.7 Å². The SMILES string of the molecule is CC(C)CN(CCN(CCN)CCN(CC(C)O)CC(C)O)CC(C)O. The first-order valence-electron chi connectivity index (χ1n) is 10.0. The third kappa shape index (κ3) is 14.8. The fourth-order valence-corrected chi connectivity index (χ4v) is 3.24. The van der Waals surface area contributed by atoms with Gasteiger partial charge in [0.15, 0.2) is 0 Å². The lowest BCUT2D eigenvalue weighted by atomic mass is 10.2. The molecule has 7 nitrogen and oxygen atoms in total. The monoisotopic (exact) mass is 376 g/mol. The van der Waals surface area contributed by atoms with Gasteiger partial charge in [0.1, 0.15) is 0 Å². The maximum Gasteiger partial charge on any atom is 0.0639 e. The number of hydrogen-bond donors (Lipinski definition) is 4. The van der Waals surface area contributed by atoms with Crippen LogP contribution >= 0.6 is 0 Å². The molecule has 0 amide bonds. The van der Waals surface area contributed by atoms with Crippen molar-refractivity contribution < 1.29 is 15.3 Å². The molecule has 0 aromatic rings. The summed E-state index contributed by atoms with van der Waals surface area (Å²) in [6.45, 7) is 17.4. The van der Waals surface area contributed by atoms with Gasteiger partial charge in [0.05, 0.1) is 18.3 Å². The number of hydrogen-bond acceptors (Lipinski definition) is 7. The van der Waals surface area contributed by atoms with Crippen LogP contribution in [0.5, 0.6) is 0 Å². The second-order valence-corrected chi connectivity index (χ2v) is 8.09. The van der Waals surface area contributed by atoms with Crippen LogP contribution in [0.3, 0.4) is 0 Å². The lowest BCUT2D eigenvalue weighted by Crippen LogP contribution is -2.45.